The van der Waals surface area contributed by atoms with E-state index in [9.17, 15) is 9.90 Å². The fraction of sp³-hybridized carbons (Fsp3) is 0.500. The lowest BCUT2D eigenvalue weighted by molar-refractivity contribution is -0.120. The van der Waals surface area contributed by atoms with Crippen LogP contribution < -0.4 is 5.32 Å². The largest absolute Gasteiger partial charge is 0.396 e. The lowest BCUT2D eigenvalue weighted by Crippen LogP contribution is -2.32. The molecule has 1 aliphatic rings. The first kappa shape index (κ1) is 13.4. The van der Waals surface area contributed by atoms with Crippen molar-refractivity contribution in [3.63, 3.8) is 0 Å². The molecular formula is C14H19NO2S. The summed E-state index contributed by atoms with van der Waals surface area (Å²) in [6, 6.07) is 7.96. The number of aliphatic hydroxyl groups excluding tert-OH is 1. The molecule has 3 nitrogen and oxygen atoms in total. The van der Waals surface area contributed by atoms with Gasteiger partial charge in [0.1, 0.15) is 0 Å². The Labute approximate surface area is 112 Å². The maximum atomic E-state index is 11.9. The second kappa shape index (κ2) is 5.76. The van der Waals surface area contributed by atoms with Crippen molar-refractivity contribution in [1.82, 2.24) is 5.32 Å². The molecule has 18 heavy (non-hydrogen) atoms. The predicted molar refractivity (Wildman–Crippen MR) is 73.7 cm³/mol. The van der Waals surface area contributed by atoms with Gasteiger partial charge in [-0.25, -0.2) is 0 Å². The van der Waals surface area contributed by atoms with Crippen LogP contribution in [0.15, 0.2) is 29.2 Å². The predicted octanol–water partition coefficient (Wildman–Crippen LogP) is 1.84. The van der Waals surface area contributed by atoms with Gasteiger partial charge in [-0.15, -0.1) is 11.8 Å². The summed E-state index contributed by atoms with van der Waals surface area (Å²) >= 11 is 1.66. The van der Waals surface area contributed by atoms with Crippen LogP contribution in [-0.4, -0.2) is 30.4 Å². The Kier molecular flexibility index (Phi) is 4.30. The molecule has 1 fully saturated rings. The minimum Gasteiger partial charge on any atom is -0.396 e. The molecule has 0 heterocycles. The second-order valence-corrected chi connectivity index (χ2v) is 5.77. The number of carbonyl (C=O) groups is 1. The van der Waals surface area contributed by atoms with E-state index >= 15 is 0 Å². The number of amides is 1. The number of thioether (sulfide) groups is 1. The van der Waals surface area contributed by atoms with Crippen LogP contribution in [0.2, 0.25) is 0 Å². The van der Waals surface area contributed by atoms with Crippen LogP contribution in [0.3, 0.4) is 0 Å². The molecule has 1 aromatic carbocycles. The molecule has 1 aliphatic carbocycles. The lowest BCUT2D eigenvalue weighted by atomic mass is 10.1. The van der Waals surface area contributed by atoms with Crippen LogP contribution in [0.4, 0.5) is 0 Å². The zero-order chi connectivity index (χ0) is 13.0. The molecule has 0 radical (unpaired) electrons. The maximum Gasteiger partial charge on any atom is 0.224 e. The van der Waals surface area contributed by atoms with Crippen molar-refractivity contribution in [1.29, 1.82) is 0 Å². The Hall–Kier alpha value is -1.00. The molecule has 2 N–H and O–H groups in total. The van der Waals surface area contributed by atoms with E-state index in [2.05, 4.69) is 5.32 Å². The summed E-state index contributed by atoms with van der Waals surface area (Å²) in [5.74, 6) is 0.0382. The highest BCUT2D eigenvalue weighted by atomic mass is 32.2. The summed E-state index contributed by atoms with van der Waals surface area (Å²) in [5, 5.41) is 12.1. The highest BCUT2D eigenvalue weighted by Gasteiger charge is 2.41. The molecule has 1 saturated carbocycles. The van der Waals surface area contributed by atoms with E-state index in [4.69, 9.17) is 0 Å². The molecule has 0 atom stereocenters. The number of nitrogens with one attached hydrogen (secondary N) is 1. The molecular weight excluding hydrogens is 246 g/mol. The zero-order valence-corrected chi connectivity index (χ0v) is 11.4. The first-order valence-corrected chi connectivity index (χ1v) is 7.41. The van der Waals surface area contributed by atoms with Crippen LogP contribution in [0.5, 0.6) is 0 Å². The van der Waals surface area contributed by atoms with Gasteiger partial charge in [0.25, 0.3) is 0 Å². The minimum atomic E-state index is -0.0192. The van der Waals surface area contributed by atoms with E-state index in [1.165, 1.54) is 0 Å². The van der Waals surface area contributed by atoms with Crippen molar-refractivity contribution in [3.05, 3.63) is 29.8 Å². The highest BCUT2D eigenvalue weighted by Crippen LogP contribution is 2.44. The first-order chi connectivity index (χ1) is 8.69. The summed E-state index contributed by atoms with van der Waals surface area (Å²) in [7, 11) is 0. The molecule has 2 rings (SSSR count). The summed E-state index contributed by atoms with van der Waals surface area (Å²) in [6.07, 6.45) is 4.47. The van der Waals surface area contributed by atoms with Crippen LogP contribution in [0.1, 0.15) is 18.4 Å². The van der Waals surface area contributed by atoms with E-state index < -0.39 is 0 Å². The summed E-state index contributed by atoms with van der Waals surface area (Å²) < 4.78 is 0. The fourth-order valence-corrected chi connectivity index (χ4v) is 2.56. The molecule has 0 aliphatic heterocycles. The second-order valence-electron chi connectivity index (χ2n) is 4.92. The Morgan fingerprint density at radius 2 is 2.17 bits per heavy atom. The van der Waals surface area contributed by atoms with Gasteiger partial charge in [0.05, 0.1) is 13.0 Å². The van der Waals surface area contributed by atoms with Crippen LogP contribution in [0, 0.1) is 5.41 Å². The quantitative estimate of drug-likeness (QED) is 0.772. The van der Waals surface area contributed by atoms with E-state index in [0.29, 0.717) is 13.0 Å². The van der Waals surface area contributed by atoms with E-state index in [1.807, 2.05) is 30.5 Å². The molecule has 98 valence electrons. The number of carbonyl (C=O) groups excluding carboxylic acids is 1. The number of hydrogen-bond donors (Lipinski definition) is 2. The Morgan fingerprint density at radius 3 is 2.78 bits per heavy atom. The van der Waals surface area contributed by atoms with Crippen molar-refractivity contribution in [3.8, 4) is 0 Å². The fourth-order valence-electron chi connectivity index (χ4n) is 1.94. The highest BCUT2D eigenvalue weighted by molar-refractivity contribution is 7.98. The molecule has 0 unspecified atom stereocenters. The Bertz CT molecular complexity index is 430. The third kappa shape index (κ3) is 3.27. The topological polar surface area (TPSA) is 49.3 Å². The lowest BCUT2D eigenvalue weighted by Gasteiger charge is -2.13. The molecule has 0 spiro atoms. The monoisotopic (exact) mass is 265 g/mol. The zero-order valence-electron chi connectivity index (χ0n) is 10.6. The molecule has 1 amide bonds. The van der Waals surface area contributed by atoms with Crippen molar-refractivity contribution in [2.45, 2.75) is 24.2 Å². The van der Waals surface area contributed by atoms with Crippen molar-refractivity contribution < 1.29 is 9.90 Å². The summed E-state index contributed by atoms with van der Waals surface area (Å²) in [5.41, 5.74) is 1.05. The average Bonchev–Trinajstić information content (AvgIpc) is 3.18. The average molecular weight is 265 g/mol. The van der Waals surface area contributed by atoms with Gasteiger partial charge < -0.3 is 10.4 Å². The molecule has 0 saturated heterocycles. The van der Waals surface area contributed by atoms with Gasteiger partial charge in [-0.2, -0.15) is 0 Å². The molecule has 0 aromatic heterocycles. The molecule has 4 heteroatoms. The van der Waals surface area contributed by atoms with E-state index in [-0.39, 0.29) is 17.9 Å². The van der Waals surface area contributed by atoms with Gasteiger partial charge in [-0.3, -0.25) is 4.79 Å². The van der Waals surface area contributed by atoms with E-state index in [1.54, 1.807) is 11.8 Å². The number of rotatable bonds is 6. The Morgan fingerprint density at radius 1 is 1.44 bits per heavy atom. The van der Waals surface area contributed by atoms with Gasteiger partial charge in [0, 0.05) is 16.9 Å². The van der Waals surface area contributed by atoms with Gasteiger partial charge in [-0.1, -0.05) is 18.2 Å². The summed E-state index contributed by atoms with van der Waals surface area (Å²) in [6.45, 7) is 0.776. The van der Waals surface area contributed by atoms with Crippen LogP contribution in [0.25, 0.3) is 0 Å². The van der Waals surface area contributed by atoms with E-state index in [0.717, 1.165) is 23.3 Å². The Balaban J connectivity index is 1.87. The standard InChI is InChI=1S/C14H19NO2S/c1-18-12-5-3-2-4-11(12)8-13(17)15-9-14(10-16)6-7-14/h2-5,16H,6-10H2,1H3,(H,15,17). The van der Waals surface area contributed by atoms with Crippen molar-refractivity contribution >= 4 is 17.7 Å². The SMILES string of the molecule is CSc1ccccc1CC(=O)NCC1(CO)CC1. The number of hydrogen-bond acceptors (Lipinski definition) is 3. The van der Waals surface area contributed by atoms with Crippen molar-refractivity contribution in [2.24, 2.45) is 5.41 Å². The number of aliphatic hydroxyl groups is 1. The number of benzene rings is 1. The van der Waals surface area contributed by atoms with Crippen LogP contribution >= 0.6 is 11.8 Å². The van der Waals surface area contributed by atoms with Crippen molar-refractivity contribution in [2.75, 3.05) is 19.4 Å². The summed E-state index contributed by atoms with van der Waals surface area (Å²) in [4.78, 5) is 13.0. The van der Waals surface area contributed by atoms with Gasteiger partial charge in [-0.05, 0) is 30.7 Å². The third-order valence-electron chi connectivity index (χ3n) is 3.50. The minimum absolute atomic E-state index is 0.0192. The third-order valence-corrected chi connectivity index (χ3v) is 4.33. The molecule has 0 bridgehead atoms. The normalized spacial score (nSPS) is 16.3. The first-order valence-electron chi connectivity index (χ1n) is 6.18. The van der Waals surface area contributed by atoms with Gasteiger partial charge in [0.15, 0.2) is 0 Å². The molecule has 1 aromatic rings. The maximum absolute atomic E-state index is 11.9. The van der Waals surface area contributed by atoms with Gasteiger partial charge in [0.2, 0.25) is 5.91 Å². The van der Waals surface area contributed by atoms with Gasteiger partial charge >= 0.3 is 0 Å². The smallest absolute Gasteiger partial charge is 0.224 e. The van der Waals surface area contributed by atoms with Crippen LogP contribution in [-0.2, 0) is 11.2 Å².